The van der Waals surface area contributed by atoms with Gasteiger partial charge in [0.05, 0.1) is 5.69 Å². The van der Waals surface area contributed by atoms with Gasteiger partial charge in [0.25, 0.3) is 11.8 Å². The third kappa shape index (κ3) is 4.54. The van der Waals surface area contributed by atoms with E-state index in [4.69, 9.17) is 11.5 Å². The quantitative estimate of drug-likeness (QED) is 0.529. The molecule has 0 atom stereocenters. The number of anilines is 1. The first-order valence-electron chi connectivity index (χ1n) is 8.70. The zero-order valence-corrected chi connectivity index (χ0v) is 15.4. The zero-order chi connectivity index (χ0) is 20.8. The molecular formula is C22H18N4O3. The van der Waals surface area contributed by atoms with Crippen LogP contribution >= 0.6 is 0 Å². The first-order valence-corrected chi connectivity index (χ1v) is 8.70. The summed E-state index contributed by atoms with van der Waals surface area (Å²) in [4.78, 5) is 41.8. The summed E-state index contributed by atoms with van der Waals surface area (Å²) in [5.41, 5.74) is 12.6. The van der Waals surface area contributed by atoms with E-state index < -0.39 is 17.7 Å². The van der Waals surface area contributed by atoms with Crippen molar-refractivity contribution in [1.29, 1.82) is 0 Å². The van der Waals surface area contributed by atoms with Crippen molar-refractivity contribution in [1.82, 2.24) is 0 Å². The van der Waals surface area contributed by atoms with Gasteiger partial charge in [0.2, 0.25) is 11.9 Å². The van der Waals surface area contributed by atoms with Crippen molar-refractivity contribution in [3.05, 3.63) is 102 Å². The molecule has 0 aliphatic rings. The third-order valence-corrected chi connectivity index (χ3v) is 4.10. The molecular weight excluding hydrogens is 368 g/mol. The van der Waals surface area contributed by atoms with Gasteiger partial charge in [0, 0.05) is 16.7 Å². The molecule has 3 amide bonds. The molecule has 0 fully saturated rings. The number of aliphatic imine (C=N–C) groups is 1. The van der Waals surface area contributed by atoms with E-state index in [-0.39, 0.29) is 11.5 Å². The molecule has 7 nitrogen and oxygen atoms in total. The second-order valence-corrected chi connectivity index (χ2v) is 6.06. The van der Waals surface area contributed by atoms with Crippen molar-refractivity contribution in [2.75, 3.05) is 4.90 Å². The van der Waals surface area contributed by atoms with Gasteiger partial charge in [-0.25, -0.2) is 4.90 Å². The van der Waals surface area contributed by atoms with E-state index in [0.717, 1.165) is 4.90 Å². The van der Waals surface area contributed by atoms with Crippen LogP contribution in [-0.4, -0.2) is 23.7 Å². The summed E-state index contributed by atoms with van der Waals surface area (Å²) in [5.74, 6) is -1.94. The second kappa shape index (κ2) is 8.62. The van der Waals surface area contributed by atoms with Crippen molar-refractivity contribution in [2.45, 2.75) is 0 Å². The molecule has 0 heterocycles. The SMILES string of the molecule is NC(=O)c1ccc(N(C(=O)c2ccccc2)C(N)=NC(=O)c2ccccc2)cc1. The van der Waals surface area contributed by atoms with E-state index in [1.807, 2.05) is 0 Å². The van der Waals surface area contributed by atoms with Gasteiger partial charge in [-0.2, -0.15) is 4.99 Å². The number of nitrogens with two attached hydrogens (primary N) is 2. The molecule has 3 aromatic rings. The number of hydrogen-bond donors (Lipinski definition) is 2. The van der Waals surface area contributed by atoms with Gasteiger partial charge in [0.15, 0.2) is 0 Å². The summed E-state index contributed by atoms with van der Waals surface area (Å²) in [5, 5.41) is 0. The second-order valence-electron chi connectivity index (χ2n) is 6.06. The van der Waals surface area contributed by atoms with Gasteiger partial charge in [-0.15, -0.1) is 0 Å². The van der Waals surface area contributed by atoms with Crippen molar-refractivity contribution >= 4 is 29.4 Å². The molecule has 0 saturated carbocycles. The number of nitrogens with zero attached hydrogens (tertiary/aromatic N) is 2. The molecule has 3 rings (SSSR count). The summed E-state index contributed by atoms with van der Waals surface area (Å²) >= 11 is 0. The highest BCUT2D eigenvalue weighted by atomic mass is 16.2. The van der Waals surface area contributed by atoms with Crippen LogP contribution in [0.5, 0.6) is 0 Å². The predicted octanol–water partition coefficient (Wildman–Crippen LogP) is 2.59. The molecule has 144 valence electrons. The summed E-state index contributed by atoms with van der Waals surface area (Å²) in [6.07, 6.45) is 0. The lowest BCUT2D eigenvalue weighted by Crippen LogP contribution is -2.42. The highest BCUT2D eigenvalue weighted by Crippen LogP contribution is 2.19. The van der Waals surface area contributed by atoms with Crippen LogP contribution in [0.2, 0.25) is 0 Å². The van der Waals surface area contributed by atoms with Crippen LogP contribution in [0.1, 0.15) is 31.1 Å². The fourth-order valence-electron chi connectivity index (χ4n) is 2.64. The summed E-state index contributed by atoms with van der Waals surface area (Å²) in [6.45, 7) is 0. The van der Waals surface area contributed by atoms with Crippen LogP contribution in [0, 0.1) is 0 Å². The van der Waals surface area contributed by atoms with E-state index >= 15 is 0 Å². The predicted molar refractivity (Wildman–Crippen MR) is 111 cm³/mol. The van der Waals surface area contributed by atoms with E-state index in [1.165, 1.54) is 24.3 Å². The molecule has 0 unspecified atom stereocenters. The average molecular weight is 386 g/mol. The van der Waals surface area contributed by atoms with Gasteiger partial charge in [0.1, 0.15) is 0 Å². The van der Waals surface area contributed by atoms with Gasteiger partial charge in [-0.1, -0.05) is 36.4 Å². The highest BCUT2D eigenvalue weighted by Gasteiger charge is 2.22. The lowest BCUT2D eigenvalue weighted by molar-refractivity contribution is 0.0990. The molecule has 0 bridgehead atoms. The Labute approximate surface area is 167 Å². The molecule has 7 heteroatoms. The maximum atomic E-state index is 13.1. The van der Waals surface area contributed by atoms with Crippen molar-refractivity contribution in [3.8, 4) is 0 Å². The minimum atomic E-state index is -0.599. The van der Waals surface area contributed by atoms with E-state index in [1.54, 1.807) is 60.7 Å². The fourth-order valence-corrected chi connectivity index (χ4v) is 2.64. The standard InChI is InChI=1S/C22H18N4O3/c23-19(27)15-11-13-18(14-12-15)26(21(29)17-9-5-2-6-10-17)22(24)25-20(28)16-7-3-1-4-8-16/h1-14H,(H2,23,27)(H2,24,25,28). The number of guanidine groups is 1. The Hall–Kier alpha value is -4.26. The van der Waals surface area contributed by atoms with Gasteiger partial charge < -0.3 is 11.5 Å². The van der Waals surface area contributed by atoms with Crippen molar-refractivity contribution in [3.63, 3.8) is 0 Å². The summed E-state index contributed by atoms with van der Waals surface area (Å²) in [7, 11) is 0. The Morgan fingerprint density at radius 2 is 1.17 bits per heavy atom. The molecule has 0 radical (unpaired) electrons. The van der Waals surface area contributed by atoms with Crippen LogP contribution < -0.4 is 16.4 Å². The van der Waals surface area contributed by atoms with Crippen molar-refractivity contribution in [2.24, 2.45) is 16.5 Å². The normalized spacial score (nSPS) is 11.0. The number of primary amides is 1. The molecule has 3 aromatic carbocycles. The first-order chi connectivity index (χ1) is 14.0. The molecule has 0 spiro atoms. The molecule has 4 N–H and O–H groups in total. The Morgan fingerprint density at radius 1 is 0.655 bits per heavy atom. The van der Waals surface area contributed by atoms with E-state index in [2.05, 4.69) is 4.99 Å². The summed E-state index contributed by atoms with van der Waals surface area (Å²) in [6, 6.07) is 22.8. The van der Waals surface area contributed by atoms with E-state index in [9.17, 15) is 14.4 Å². The lowest BCUT2D eigenvalue weighted by Gasteiger charge is -2.22. The number of amides is 3. The van der Waals surface area contributed by atoms with Gasteiger partial charge >= 0.3 is 0 Å². The average Bonchev–Trinajstić information content (AvgIpc) is 2.75. The number of carbonyl (C=O) groups excluding carboxylic acids is 3. The Balaban J connectivity index is 2.02. The number of benzene rings is 3. The van der Waals surface area contributed by atoms with Crippen LogP contribution in [0.15, 0.2) is 89.9 Å². The van der Waals surface area contributed by atoms with Crippen LogP contribution in [-0.2, 0) is 0 Å². The minimum absolute atomic E-state index is 0.275. The van der Waals surface area contributed by atoms with Crippen LogP contribution in [0.4, 0.5) is 5.69 Å². The smallest absolute Gasteiger partial charge is 0.280 e. The molecule has 0 aliphatic heterocycles. The molecule has 29 heavy (non-hydrogen) atoms. The first kappa shape index (κ1) is 19.5. The monoisotopic (exact) mass is 386 g/mol. The Bertz CT molecular complexity index is 1060. The topological polar surface area (TPSA) is 119 Å². The number of rotatable bonds is 4. The Kier molecular flexibility index (Phi) is 5.80. The highest BCUT2D eigenvalue weighted by molar-refractivity contribution is 6.23. The lowest BCUT2D eigenvalue weighted by atomic mass is 10.1. The molecule has 0 saturated heterocycles. The van der Waals surface area contributed by atoms with Gasteiger partial charge in [-0.3, -0.25) is 14.4 Å². The molecule has 0 aromatic heterocycles. The van der Waals surface area contributed by atoms with Crippen molar-refractivity contribution < 1.29 is 14.4 Å². The van der Waals surface area contributed by atoms with Crippen LogP contribution in [0.25, 0.3) is 0 Å². The fraction of sp³-hybridized carbons (Fsp3) is 0. The maximum absolute atomic E-state index is 13.1. The maximum Gasteiger partial charge on any atom is 0.280 e. The largest absolute Gasteiger partial charge is 0.369 e. The number of hydrogen-bond acceptors (Lipinski definition) is 3. The molecule has 0 aliphatic carbocycles. The summed E-state index contributed by atoms with van der Waals surface area (Å²) < 4.78 is 0. The Morgan fingerprint density at radius 3 is 1.69 bits per heavy atom. The van der Waals surface area contributed by atoms with Gasteiger partial charge in [-0.05, 0) is 48.5 Å². The number of carbonyl (C=O) groups is 3. The van der Waals surface area contributed by atoms with E-state index in [0.29, 0.717) is 16.8 Å². The minimum Gasteiger partial charge on any atom is -0.369 e. The zero-order valence-electron chi connectivity index (χ0n) is 15.4. The third-order valence-electron chi connectivity index (χ3n) is 4.10. The van der Waals surface area contributed by atoms with Crippen LogP contribution in [0.3, 0.4) is 0 Å².